The van der Waals surface area contributed by atoms with Gasteiger partial charge in [0.2, 0.25) is 0 Å². The lowest BCUT2D eigenvalue weighted by atomic mass is 10.1. The molecular weight excluding hydrogens is 240 g/mol. The number of thioether (sulfide) groups is 1. The number of benzene rings is 1. The van der Waals surface area contributed by atoms with E-state index >= 15 is 0 Å². The lowest BCUT2D eigenvalue weighted by Gasteiger charge is -2.01. The third-order valence-electron chi connectivity index (χ3n) is 3.64. The number of hydrogen-bond donors (Lipinski definition) is 0. The van der Waals surface area contributed by atoms with E-state index < -0.39 is 0 Å². The smallest absolute Gasteiger partial charge is 0.197 e. The molecule has 0 aliphatic heterocycles. The number of carbonyl (C=O) groups is 1. The fourth-order valence-electron chi connectivity index (χ4n) is 2.47. The monoisotopic (exact) mass is 260 g/mol. The van der Waals surface area contributed by atoms with Crippen molar-refractivity contribution in [3.8, 4) is 0 Å². The molecule has 0 spiro atoms. The molecule has 0 saturated heterocycles. The minimum atomic E-state index is 0.121. The zero-order valence-electron chi connectivity index (χ0n) is 11.4. The van der Waals surface area contributed by atoms with Gasteiger partial charge in [-0.25, -0.2) is 0 Å². The van der Waals surface area contributed by atoms with E-state index in [9.17, 15) is 4.79 Å². The van der Waals surface area contributed by atoms with Gasteiger partial charge < -0.3 is 0 Å². The molecule has 2 atom stereocenters. The van der Waals surface area contributed by atoms with E-state index in [1.165, 1.54) is 17.3 Å². The molecule has 1 aromatic rings. The Bertz CT molecular complexity index is 469. The summed E-state index contributed by atoms with van der Waals surface area (Å²) in [5, 5.41) is 0.300. The number of carbonyl (C=O) groups excluding carboxylic acids is 1. The summed E-state index contributed by atoms with van der Waals surface area (Å²) in [5.41, 5.74) is 1.42. The molecule has 0 radical (unpaired) electrons. The van der Waals surface area contributed by atoms with Gasteiger partial charge in [-0.1, -0.05) is 55.5 Å². The van der Waals surface area contributed by atoms with E-state index in [1.807, 2.05) is 30.3 Å². The molecule has 96 valence electrons. The third kappa shape index (κ3) is 2.69. The molecule has 2 heteroatoms. The maximum atomic E-state index is 12.3. The van der Waals surface area contributed by atoms with Gasteiger partial charge in [0.05, 0.1) is 0 Å². The summed E-state index contributed by atoms with van der Waals surface area (Å²) in [6.07, 6.45) is 2.24. The molecule has 1 fully saturated rings. The van der Waals surface area contributed by atoms with Crippen LogP contribution in [0, 0.1) is 17.3 Å². The van der Waals surface area contributed by atoms with Gasteiger partial charge in [0, 0.05) is 10.8 Å². The SMILES string of the molecule is CC(C)=CC1C(C(=O)Sc2ccccc2)C1(C)C. The minimum absolute atomic E-state index is 0.121. The molecule has 1 aliphatic carbocycles. The summed E-state index contributed by atoms with van der Waals surface area (Å²) in [5.74, 6) is 0.573. The predicted molar refractivity (Wildman–Crippen MR) is 77.5 cm³/mol. The van der Waals surface area contributed by atoms with Crippen molar-refractivity contribution in [2.45, 2.75) is 32.6 Å². The second kappa shape index (κ2) is 4.93. The predicted octanol–water partition coefficient (Wildman–Crippen LogP) is 4.54. The van der Waals surface area contributed by atoms with Gasteiger partial charge in [-0.15, -0.1) is 0 Å². The Morgan fingerprint density at radius 2 is 1.83 bits per heavy atom. The van der Waals surface area contributed by atoms with Gasteiger partial charge in [0.15, 0.2) is 5.12 Å². The highest BCUT2D eigenvalue weighted by Gasteiger charge is 2.60. The van der Waals surface area contributed by atoms with Crippen LogP contribution >= 0.6 is 11.8 Å². The first kappa shape index (κ1) is 13.4. The molecule has 1 saturated carbocycles. The molecule has 18 heavy (non-hydrogen) atoms. The Morgan fingerprint density at radius 1 is 1.22 bits per heavy atom. The second-order valence-electron chi connectivity index (χ2n) is 5.80. The zero-order valence-corrected chi connectivity index (χ0v) is 12.3. The summed E-state index contributed by atoms with van der Waals surface area (Å²) in [7, 11) is 0. The van der Waals surface area contributed by atoms with Gasteiger partial charge in [-0.05, 0) is 37.3 Å². The number of hydrogen-bond acceptors (Lipinski definition) is 2. The molecule has 1 aliphatic rings. The summed E-state index contributed by atoms with van der Waals surface area (Å²) in [6.45, 7) is 8.57. The van der Waals surface area contributed by atoms with Crippen molar-refractivity contribution in [3.05, 3.63) is 42.0 Å². The van der Waals surface area contributed by atoms with E-state index in [4.69, 9.17) is 0 Å². The van der Waals surface area contributed by atoms with Gasteiger partial charge >= 0.3 is 0 Å². The van der Waals surface area contributed by atoms with Crippen LogP contribution in [0.25, 0.3) is 0 Å². The van der Waals surface area contributed by atoms with Crippen molar-refractivity contribution in [3.63, 3.8) is 0 Å². The highest BCUT2D eigenvalue weighted by molar-refractivity contribution is 8.13. The standard InChI is InChI=1S/C16H20OS/c1-11(2)10-13-14(16(13,3)4)15(17)18-12-8-6-5-7-9-12/h5-10,13-14H,1-4H3. The van der Waals surface area contributed by atoms with Crippen molar-refractivity contribution in [2.24, 2.45) is 17.3 Å². The van der Waals surface area contributed by atoms with Crippen LogP contribution in [-0.2, 0) is 4.79 Å². The highest BCUT2D eigenvalue weighted by Crippen LogP contribution is 2.61. The maximum Gasteiger partial charge on any atom is 0.197 e. The molecule has 0 bridgehead atoms. The number of allylic oxidation sites excluding steroid dienone is 2. The molecule has 2 unspecified atom stereocenters. The zero-order chi connectivity index (χ0) is 13.3. The van der Waals surface area contributed by atoms with Gasteiger partial charge in [0.1, 0.15) is 0 Å². The van der Waals surface area contributed by atoms with Gasteiger partial charge in [0.25, 0.3) is 0 Å². The number of rotatable bonds is 3. The molecule has 1 nitrogen and oxygen atoms in total. The highest BCUT2D eigenvalue weighted by atomic mass is 32.2. The van der Waals surface area contributed by atoms with Crippen LogP contribution in [0.3, 0.4) is 0 Å². The summed E-state index contributed by atoms with van der Waals surface area (Å²) in [6, 6.07) is 9.91. The first-order valence-corrected chi connectivity index (χ1v) is 7.16. The Balaban J connectivity index is 2.05. The van der Waals surface area contributed by atoms with Crippen LogP contribution in [-0.4, -0.2) is 5.12 Å². The van der Waals surface area contributed by atoms with Crippen LogP contribution in [0.1, 0.15) is 27.7 Å². The third-order valence-corrected chi connectivity index (χ3v) is 4.60. The average molecular weight is 260 g/mol. The Hall–Kier alpha value is -1.02. The Kier molecular flexibility index (Phi) is 3.67. The van der Waals surface area contributed by atoms with Gasteiger partial charge in [-0.2, -0.15) is 0 Å². The first-order valence-electron chi connectivity index (χ1n) is 6.34. The lowest BCUT2D eigenvalue weighted by molar-refractivity contribution is -0.112. The molecule has 0 heterocycles. The van der Waals surface area contributed by atoms with Gasteiger partial charge in [-0.3, -0.25) is 4.79 Å². The summed E-state index contributed by atoms with van der Waals surface area (Å²) >= 11 is 1.38. The topological polar surface area (TPSA) is 17.1 Å². The van der Waals surface area contributed by atoms with E-state index in [0.717, 1.165) is 4.90 Å². The van der Waals surface area contributed by atoms with Crippen molar-refractivity contribution < 1.29 is 4.79 Å². The first-order chi connectivity index (χ1) is 8.43. The fraction of sp³-hybridized carbons (Fsp3) is 0.438. The second-order valence-corrected chi connectivity index (χ2v) is 6.88. The van der Waals surface area contributed by atoms with Crippen LogP contribution in [0.2, 0.25) is 0 Å². The Labute approximate surface area is 114 Å². The molecule has 1 aromatic carbocycles. The summed E-state index contributed by atoms with van der Waals surface area (Å²) in [4.78, 5) is 13.4. The van der Waals surface area contributed by atoms with Crippen molar-refractivity contribution in [1.82, 2.24) is 0 Å². The quantitative estimate of drug-likeness (QED) is 0.586. The average Bonchev–Trinajstić information content (AvgIpc) is 2.80. The van der Waals surface area contributed by atoms with E-state index in [1.54, 1.807) is 0 Å². The minimum Gasteiger partial charge on any atom is -0.286 e. The molecule has 0 N–H and O–H groups in total. The van der Waals surface area contributed by atoms with Crippen molar-refractivity contribution >= 4 is 16.9 Å². The Morgan fingerprint density at radius 3 is 2.39 bits per heavy atom. The largest absolute Gasteiger partial charge is 0.286 e. The van der Waals surface area contributed by atoms with Crippen molar-refractivity contribution in [2.75, 3.05) is 0 Å². The molecule has 2 rings (SSSR count). The lowest BCUT2D eigenvalue weighted by Crippen LogP contribution is -2.00. The molecule has 0 aromatic heterocycles. The van der Waals surface area contributed by atoms with Crippen molar-refractivity contribution in [1.29, 1.82) is 0 Å². The summed E-state index contributed by atoms with van der Waals surface area (Å²) < 4.78 is 0. The van der Waals surface area contributed by atoms with Crippen LogP contribution in [0.5, 0.6) is 0 Å². The van der Waals surface area contributed by atoms with E-state index in [-0.39, 0.29) is 11.3 Å². The van der Waals surface area contributed by atoms with Crippen LogP contribution in [0.15, 0.2) is 46.9 Å². The fourth-order valence-corrected chi connectivity index (χ4v) is 3.57. The molecular formula is C16H20OS. The molecule has 0 amide bonds. The van der Waals surface area contributed by atoms with E-state index in [2.05, 4.69) is 33.8 Å². The normalized spacial score (nSPS) is 24.4. The van der Waals surface area contributed by atoms with Crippen LogP contribution in [0.4, 0.5) is 0 Å². The maximum absolute atomic E-state index is 12.3. The van der Waals surface area contributed by atoms with E-state index in [0.29, 0.717) is 11.0 Å². The van der Waals surface area contributed by atoms with Crippen LogP contribution < -0.4 is 0 Å².